The molecule has 104 valence electrons. The van der Waals surface area contributed by atoms with E-state index in [1.807, 2.05) is 37.3 Å². The van der Waals surface area contributed by atoms with Gasteiger partial charge in [-0.25, -0.2) is 4.79 Å². The van der Waals surface area contributed by atoms with Gasteiger partial charge in [0.15, 0.2) is 0 Å². The average Bonchev–Trinajstić information content (AvgIpc) is 2.58. The quantitative estimate of drug-likeness (QED) is 0.892. The van der Waals surface area contributed by atoms with E-state index in [1.54, 1.807) is 4.90 Å². The third-order valence-corrected chi connectivity index (χ3v) is 3.53. The molecule has 1 fully saturated rings. The van der Waals surface area contributed by atoms with Gasteiger partial charge in [0.1, 0.15) is 6.61 Å². The molecular formula is C15H21NO3. The van der Waals surface area contributed by atoms with Crippen LogP contribution in [0.2, 0.25) is 0 Å². The summed E-state index contributed by atoms with van der Waals surface area (Å²) in [7, 11) is 0. The van der Waals surface area contributed by atoms with E-state index in [0.717, 1.165) is 18.4 Å². The van der Waals surface area contributed by atoms with E-state index in [9.17, 15) is 9.90 Å². The van der Waals surface area contributed by atoms with Gasteiger partial charge in [-0.05, 0) is 31.7 Å². The van der Waals surface area contributed by atoms with Crippen molar-refractivity contribution in [2.24, 2.45) is 0 Å². The predicted molar refractivity (Wildman–Crippen MR) is 72.7 cm³/mol. The summed E-state index contributed by atoms with van der Waals surface area (Å²) < 4.78 is 5.30. The SMILES string of the molecule is C[C@@]1(O)CCCN(C(=O)OCc2ccccc2)CC1. The van der Waals surface area contributed by atoms with Gasteiger partial charge in [-0.1, -0.05) is 30.3 Å². The van der Waals surface area contributed by atoms with Gasteiger partial charge in [0, 0.05) is 13.1 Å². The van der Waals surface area contributed by atoms with Crippen molar-refractivity contribution >= 4 is 6.09 Å². The first-order valence-electron chi connectivity index (χ1n) is 6.75. The van der Waals surface area contributed by atoms with E-state index >= 15 is 0 Å². The molecule has 4 heteroatoms. The van der Waals surface area contributed by atoms with Crippen molar-refractivity contribution in [2.75, 3.05) is 13.1 Å². The number of ether oxygens (including phenoxy) is 1. The molecule has 0 radical (unpaired) electrons. The Morgan fingerprint density at radius 3 is 2.79 bits per heavy atom. The lowest BCUT2D eigenvalue weighted by Gasteiger charge is -2.22. The maximum Gasteiger partial charge on any atom is 0.410 e. The second-order valence-electron chi connectivity index (χ2n) is 5.38. The number of aliphatic hydroxyl groups is 1. The number of hydrogen-bond donors (Lipinski definition) is 1. The fourth-order valence-electron chi connectivity index (χ4n) is 2.26. The van der Waals surface area contributed by atoms with Gasteiger partial charge in [0.2, 0.25) is 0 Å². The summed E-state index contributed by atoms with van der Waals surface area (Å²) in [6.07, 6.45) is 1.86. The summed E-state index contributed by atoms with van der Waals surface area (Å²) in [5.74, 6) is 0. The Kier molecular flexibility index (Phi) is 4.43. The summed E-state index contributed by atoms with van der Waals surface area (Å²) in [4.78, 5) is 13.6. The number of benzene rings is 1. The molecule has 1 aromatic rings. The number of likely N-dealkylation sites (tertiary alicyclic amines) is 1. The number of amides is 1. The Bertz CT molecular complexity index is 417. The van der Waals surface area contributed by atoms with E-state index < -0.39 is 5.60 Å². The highest BCUT2D eigenvalue weighted by Crippen LogP contribution is 2.21. The molecule has 1 aliphatic heterocycles. The molecule has 19 heavy (non-hydrogen) atoms. The molecule has 0 aliphatic carbocycles. The smallest absolute Gasteiger partial charge is 0.410 e. The number of rotatable bonds is 2. The first-order chi connectivity index (χ1) is 9.07. The molecule has 2 rings (SSSR count). The van der Waals surface area contributed by atoms with Crippen molar-refractivity contribution in [3.63, 3.8) is 0 Å². The van der Waals surface area contributed by atoms with Crippen molar-refractivity contribution < 1.29 is 14.6 Å². The minimum Gasteiger partial charge on any atom is -0.445 e. The largest absolute Gasteiger partial charge is 0.445 e. The molecule has 1 aliphatic rings. The van der Waals surface area contributed by atoms with Crippen molar-refractivity contribution in [1.82, 2.24) is 4.90 Å². The average molecular weight is 263 g/mol. The van der Waals surface area contributed by atoms with Crippen LogP contribution in [0.15, 0.2) is 30.3 Å². The lowest BCUT2D eigenvalue weighted by molar-refractivity contribution is 0.0434. The molecule has 1 amide bonds. The fraction of sp³-hybridized carbons (Fsp3) is 0.533. The van der Waals surface area contributed by atoms with Gasteiger partial charge >= 0.3 is 6.09 Å². The number of carbonyl (C=O) groups is 1. The monoisotopic (exact) mass is 263 g/mol. The van der Waals surface area contributed by atoms with Crippen molar-refractivity contribution in [2.45, 2.75) is 38.4 Å². The van der Waals surface area contributed by atoms with Crippen LogP contribution in [0.5, 0.6) is 0 Å². The number of nitrogens with zero attached hydrogens (tertiary/aromatic N) is 1. The molecule has 0 aromatic heterocycles. The molecule has 0 bridgehead atoms. The minimum atomic E-state index is -0.658. The molecule has 0 unspecified atom stereocenters. The maximum absolute atomic E-state index is 12.0. The standard InChI is InChI=1S/C15H21NO3/c1-15(18)8-5-10-16(11-9-15)14(17)19-12-13-6-3-2-4-7-13/h2-4,6-7,18H,5,8-12H2,1H3/t15-/m1/s1. The summed E-state index contributed by atoms with van der Waals surface area (Å²) >= 11 is 0. The van der Waals surface area contributed by atoms with E-state index in [0.29, 0.717) is 26.1 Å². The second kappa shape index (κ2) is 6.06. The summed E-state index contributed by atoms with van der Waals surface area (Å²) in [5.41, 5.74) is 0.326. The lowest BCUT2D eigenvalue weighted by atomic mass is 9.98. The summed E-state index contributed by atoms with van der Waals surface area (Å²) in [5, 5.41) is 9.98. The highest BCUT2D eigenvalue weighted by atomic mass is 16.6. The van der Waals surface area contributed by atoms with Crippen molar-refractivity contribution in [3.05, 3.63) is 35.9 Å². The molecule has 0 saturated carbocycles. The molecule has 1 saturated heterocycles. The Hall–Kier alpha value is -1.55. The van der Waals surface area contributed by atoms with Crippen LogP contribution in [0, 0.1) is 0 Å². The fourth-order valence-corrected chi connectivity index (χ4v) is 2.26. The third-order valence-electron chi connectivity index (χ3n) is 3.53. The molecule has 1 N–H and O–H groups in total. The van der Waals surface area contributed by atoms with Gasteiger partial charge in [0.25, 0.3) is 0 Å². The van der Waals surface area contributed by atoms with Crippen LogP contribution in [0.1, 0.15) is 31.7 Å². The molecule has 1 aromatic carbocycles. The summed E-state index contributed by atoms with van der Waals surface area (Å²) in [6, 6.07) is 9.64. The van der Waals surface area contributed by atoms with Crippen molar-refractivity contribution in [1.29, 1.82) is 0 Å². The van der Waals surface area contributed by atoms with Gasteiger partial charge in [-0.3, -0.25) is 0 Å². The molecule has 1 atom stereocenters. The topological polar surface area (TPSA) is 49.8 Å². The summed E-state index contributed by atoms with van der Waals surface area (Å²) in [6.45, 7) is 3.34. The van der Waals surface area contributed by atoms with Crippen LogP contribution in [-0.2, 0) is 11.3 Å². The van der Waals surface area contributed by atoms with Gasteiger partial charge in [-0.15, -0.1) is 0 Å². The molecule has 1 heterocycles. The zero-order chi connectivity index (χ0) is 13.7. The first-order valence-corrected chi connectivity index (χ1v) is 6.75. The van der Waals surface area contributed by atoms with Crippen LogP contribution in [-0.4, -0.2) is 34.8 Å². The zero-order valence-electron chi connectivity index (χ0n) is 11.3. The van der Waals surface area contributed by atoms with E-state index in [4.69, 9.17) is 4.74 Å². The van der Waals surface area contributed by atoms with Crippen LogP contribution in [0.3, 0.4) is 0 Å². The Morgan fingerprint density at radius 2 is 2.05 bits per heavy atom. The zero-order valence-corrected chi connectivity index (χ0v) is 11.3. The van der Waals surface area contributed by atoms with Crippen LogP contribution >= 0.6 is 0 Å². The van der Waals surface area contributed by atoms with Gasteiger partial charge in [-0.2, -0.15) is 0 Å². The van der Waals surface area contributed by atoms with Gasteiger partial charge in [0.05, 0.1) is 5.60 Å². The molecule has 0 spiro atoms. The second-order valence-corrected chi connectivity index (χ2v) is 5.38. The number of carbonyl (C=O) groups excluding carboxylic acids is 1. The maximum atomic E-state index is 12.0. The first kappa shape index (κ1) is 13.9. The van der Waals surface area contributed by atoms with Crippen LogP contribution < -0.4 is 0 Å². The Balaban J connectivity index is 1.83. The van der Waals surface area contributed by atoms with E-state index in [2.05, 4.69) is 0 Å². The predicted octanol–water partition coefficient (Wildman–Crippen LogP) is 2.56. The highest BCUT2D eigenvalue weighted by Gasteiger charge is 2.27. The molecular weight excluding hydrogens is 242 g/mol. The van der Waals surface area contributed by atoms with Crippen LogP contribution in [0.25, 0.3) is 0 Å². The number of hydrogen-bond acceptors (Lipinski definition) is 3. The van der Waals surface area contributed by atoms with E-state index in [-0.39, 0.29) is 6.09 Å². The van der Waals surface area contributed by atoms with Crippen LogP contribution in [0.4, 0.5) is 4.79 Å². The normalized spacial score (nSPS) is 23.8. The van der Waals surface area contributed by atoms with Crippen molar-refractivity contribution in [3.8, 4) is 0 Å². The van der Waals surface area contributed by atoms with E-state index in [1.165, 1.54) is 0 Å². The Labute approximate surface area is 114 Å². The highest BCUT2D eigenvalue weighted by molar-refractivity contribution is 5.67. The molecule has 4 nitrogen and oxygen atoms in total. The lowest BCUT2D eigenvalue weighted by Crippen LogP contribution is -2.33. The Morgan fingerprint density at radius 1 is 1.32 bits per heavy atom. The van der Waals surface area contributed by atoms with Gasteiger partial charge < -0.3 is 14.7 Å². The minimum absolute atomic E-state index is 0.290. The third kappa shape index (κ3) is 4.24.